The summed E-state index contributed by atoms with van der Waals surface area (Å²) in [6.07, 6.45) is 73.6. The van der Waals surface area contributed by atoms with E-state index in [1.165, 1.54) is 205 Å². The number of phosphoric acid groups is 1. The molecule has 9 nitrogen and oxygen atoms in total. The molecule has 0 spiro atoms. The van der Waals surface area contributed by atoms with Crippen molar-refractivity contribution in [2.75, 3.05) is 40.9 Å². The summed E-state index contributed by atoms with van der Waals surface area (Å²) >= 11 is 0. The van der Waals surface area contributed by atoms with E-state index in [0.29, 0.717) is 17.4 Å². The van der Waals surface area contributed by atoms with Crippen LogP contribution in [0.4, 0.5) is 0 Å². The van der Waals surface area contributed by atoms with Crippen LogP contribution in [0.5, 0.6) is 0 Å². The minimum atomic E-state index is -4.45. The standard InChI is InChI=1S/C68H127N2O7P/c1-7-10-13-16-19-22-25-28-30-32-33-34-35-36-37-39-40-42-45-48-51-54-57-60-67(71)69-65(64-76-78(73,74)75-63-62-70(4,5)6)66(59-56-53-50-47-44-27-24-21-18-15-12-9-3)77-68(72)61-58-55-52-49-46-43-41-38-31-29-26-23-20-17-14-11-8-2/h19,22,28-31,33-34,56,59,65-66H,7-18,20-21,23-27,32,35-55,57-58,60-64H2,1-6H3,(H-,69,71,73,74)/p+1/b22-19-,30-28-,31-29+,34-33-,59-56-. The SMILES string of the molecule is CCCCC/C=C\C/C=C\C/C=C\CCCCCCCCCCCCC(=O)NC(COP(=O)(O)OCC[N+](C)(C)C)C(/C=C\CCCCCCCCCCCC)OC(=O)CCCCCCCCC/C=C/CCCCCCCC. The highest BCUT2D eigenvalue weighted by Crippen LogP contribution is 2.43. The van der Waals surface area contributed by atoms with Gasteiger partial charge in [0.25, 0.3) is 0 Å². The molecule has 3 unspecified atom stereocenters. The smallest absolute Gasteiger partial charge is 0.456 e. The molecular weight excluding hydrogens is 988 g/mol. The molecule has 1 amide bonds. The number of unbranched alkanes of at least 4 members (excludes halogenated alkanes) is 36. The van der Waals surface area contributed by atoms with Gasteiger partial charge in [0.15, 0.2) is 0 Å². The first-order valence-electron chi connectivity index (χ1n) is 33.1. The summed E-state index contributed by atoms with van der Waals surface area (Å²) in [6.45, 7) is 7.00. The predicted molar refractivity (Wildman–Crippen MR) is 337 cm³/mol. The van der Waals surface area contributed by atoms with Crippen LogP contribution in [0.2, 0.25) is 0 Å². The monoisotopic (exact) mass is 1120 g/mol. The number of likely N-dealkylation sites (N-methyl/N-ethyl adjacent to an activating group) is 1. The molecule has 0 aromatic carbocycles. The zero-order valence-corrected chi connectivity index (χ0v) is 53.1. The van der Waals surface area contributed by atoms with Crippen LogP contribution in [0.25, 0.3) is 0 Å². The van der Waals surface area contributed by atoms with Crippen LogP contribution in [-0.4, -0.2) is 74.3 Å². The third-order valence-electron chi connectivity index (χ3n) is 14.7. The summed E-state index contributed by atoms with van der Waals surface area (Å²) in [5.41, 5.74) is 0. The number of allylic oxidation sites excluding steroid dienone is 9. The Kier molecular flexibility index (Phi) is 56.2. The van der Waals surface area contributed by atoms with Crippen LogP contribution in [0.1, 0.15) is 310 Å². The normalized spacial score (nSPS) is 14.0. The lowest BCUT2D eigenvalue weighted by atomic mass is 10.0. The molecule has 0 heterocycles. The lowest BCUT2D eigenvalue weighted by Crippen LogP contribution is -2.47. The summed E-state index contributed by atoms with van der Waals surface area (Å²) < 4.78 is 30.8. The molecule has 0 fully saturated rings. The van der Waals surface area contributed by atoms with Crippen molar-refractivity contribution in [1.29, 1.82) is 0 Å². The summed E-state index contributed by atoms with van der Waals surface area (Å²) in [5, 5.41) is 3.06. The van der Waals surface area contributed by atoms with Gasteiger partial charge in [-0.3, -0.25) is 18.6 Å². The molecule has 78 heavy (non-hydrogen) atoms. The molecule has 0 rings (SSSR count). The highest BCUT2D eigenvalue weighted by molar-refractivity contribution is 7.47. The van der Waals surface area contributed by atoms with Gasteiger partial charge in [0, 0.05) is 12.8 Å². The molecule has 0 aromatic rings. The molecule has 456 valence electrons. The van der Waals surface area contributed by atoms with Gasteiger partial charge in [0.05, 0.1) is 33.8 Å². The predicted octanol–water partition coefficient (Wildman–Crippen LogP) is 20.6. The minimum absolute atomic E-state index is 0.0382. The number of rotatable bonds is 60. The Labute approximate surface area is 483 Å². The molecule has 0 saturated heterocycles. The molecule has 0 aromatic heterocycles. The third-order valence-corrected chi connectivity index (χ3v) is 15.7. The number of carbonyl (C=O) groups excluding carboxylic acids is 2. The highest BCUT2D eigenvalue weighted by Gasteiger charge is 2.30. The summed E-state index contributed by atoms with van der Waals surface area (Å²) in [5.74, 6) is -0.506. The van der Waals surface area contributed by atoms with E-state index in [0.717, 1.165) is 70.6 Å². The van der Waals surface area contributed by atoms with Crippen LogP contribution in [0, 0.1) is 0 Å². The number of nitrogens with one attached hydrogen (secondary N) is 1. The van der Waals surface area contributed by atoms with Crippen molar-refractivity contribution in [2.45, 2.75) is 322 Å². The fraction of sp³-hybridized carbons (Fsp3) is 0.824. The largest absolute Gasteiger partial charge is 0.472 e. The number of phosphoric ester groups is 1. The lowest BCUT2D eigenvalue weighted by molar-refractivity contribution is -0.870. The van der Waals surface area contributed by atoms with Gasteiger partial charge in [-0.1, -0.05) is 262 Å². The molecule has 3 atom stereocenters. The second-order valence-electron chi connectivity index (χ2n) is 23.6. The van der Waals surface area contributed by atoms with Crippen LogP contribution in [0.15, 0.2) is 60.8 Å². The van der Waals surface area contributed by atoms with E-state index in [1.54, 1.807) is 0 Å². The number of nitrogens with zero attached hydrogens (tertiary/aromatic N) is 1. The molecular formula is C68H128N2O7P+. The Bertz CT molecular complexity index is 1520. The fourth-order valence-electron chi connectivity index (χ4n) is 9.53. The van der Waals surface area contributed by atoms with Crippen LogP contribution < -0.4 is 5.32 Å². The molecule has 0 aliphatic carbocycles. The Morgan fingerprint density at radius 2 is 0.782 bits per heavy atom. The maximum Gasteiger partial charge on any atom is 0.472 e. The van der Waals surface area contributed by atoms with Crippen LogP contribution >= 0.6 is 7.82 Å². The first-order valence-corrected chi connectivity index (χ1v) is 34.6. The fourth-order valence-corrected chi connectivity index (χ4v) is 10.3. The van der Waals surface area contributed by atoms with Gasteiger partial charge < -0.3 is 19.4 Å². The molecule has 2 N–H and O–H groups in total. The topological polar surface area (TPSA) is 111 Å². The van der Waals surface area contributed by atoms with Crippen molar-refractivity contribution in [3.05, 3.63) is 60.8 Å². The van der Waals surface area contributed by atoms with E-state index in [4.69, 9.17) is 13.8 Å². The second-order valence-corrected chi connectivity index (χ2v) is 25.1. The molecule has 0 aliphatic heterocycles. The van der Waals surface area contributed by atoms with Gasteiger partial charge in [0.2, 0.25) is 5.91 Å². The van der Waals surface area contributed by atoms with E-state index >= 15 is 0 Å². The second kappa shape index (κ2) is 57.9. The maximum atomic E-state index is 13.6. The average Bonchev–Trinajstić information content (AvgIpc) is 3.40. The lowest BCUT2D eigenvalue weighted by Gasteiger charge is -2.27. The Morgan fingerprint density at radius 3 is 1.21 bits per heavy atom. The highest BCUT2D eigenvalue weighted by atomic mass is 31.2. The first kappa shape index (κ1) is 75.7. The van der Waals surface area contributed by atoms with Crippen molar-refractivity contribution < 1.29 is 37.3 Å². The molecule has 0 saturated carbocycles. The number of carbonyl (C=O) groups is 2. The van der Waals surface area contributed by atoms with Crippen molar-refractivity contribution in [3.8, 4) is 0 Å². The van der Waals surface area contributed by atoms with Crippen molar-refractivity contribution in [1.82, 2.24) is 5.32 Å². The zero-order valence-electron chi connectivity index (χ0n) is 52.2. The summed E-state index contributed by atoms with van der Waals surface area (Å²) in [4.78, 5) is 37.8. The summed E-state index contributed by atoms with van der Waals surface area (Å²) in [7, 11) is 1.49. The molecule has 0 aliphatic rings. The zero-order chi connectivity index (χ0) is 57.2. The van der Waals surface area contributed by atoms with E-state index in [1.807, 2.05) is 33.3 Å². The number of amides is 1. The molecule has 0 bridgehead atoms. The number of ether oxygens (including phenoxy) is 1. The van der Waals surface area contributed by atoms with E-state index in [2.05, 4.69) is 74.7 Å². The van der Waals surface area contributed by atoms with Gasteiger partial charge >= 0.3 is 13.8 Å². The van der Waals surface area contributed by atoms with E-state index in [9.17, 15) is 19.0 Å². The maximum absolute atomic E-state index is 13.6. The Morgan fingerprint density at radius 1 is 0.449 bits per heavy atom. The first-order chi connectivity index (χ1) is 37.9. The molecule has 0 radical (unpaired) electrons. The van der Waals surface area contributed by atoms with E-state index in [-0.39, 0.29) is 31.5 Å². The van der Waals surface area contributed by atoms with Gasteiger partial charge in [0.1, 0.15) is 19.3 Å². The number of hydrogen-bond acceptors (Lipinski definition) is 6. The van der Waals surface area contributed by atoms with Crippen molar-refractivity contribution in [3.63, 3.8) is 0 Å². The number of hydrogen-bond donors (Lipinski definition) is 2. The minimum Gasteiger partial charge on any atom is -0.456 e. The van der Waals surface area contributed by atoms with E-state index < -0.39 is 20.0 Å². The number of quaternary nitrogens is 1. The third kappa shape index (κ3) is 58.4. The van der Waals surface area contributed by atoms with Crippen LogP contribution in [0.3, 0.4) is 0 Å². The van der Waals surface area contributed by atoms with Crippen LogP contribution in [-0.2, 0) is 27.9 Å². The Hall–Kier alpha value is -2.29. The van der Waals surface area contributed by atoms with Crippen molar-refractivity contribution >= 4 is 19.7 Å². The van der Waals surface area contributed by atoms with Crippen molar-refractivity contribution in [2.24, 2.45) is 0 Å². The molecule has 10 heteroatoms. The van der Waals surface area contributed by atoms with Gasteiger partial charge in [-0.15, -0.1) is 0 Å². The Balaban J connectivity index is 5.16. The van der Waals surface area contributed by atoms with Gasteiger partial charge in [-0.2, -0.15) is 0 Å². The average molecular weight is 1120 g/mol. The van der Waals surface area contributed by atoms with Gasteiger partial charge in [-0.05, 0) is 96.0 Å². The van der Waals surface area contributed by atoms with Gasteiger partial charge in [-0.25, -0.2) is 4.57 Å². The summed E-state index contributed by atoms with van der Waals surface area (Å²) in [6, 6.07) is -0.853. The quantitative estimate of drug-likeness (QED) is 0.0205. The number of esters is 1.